The molecule has 0 spiro atoms. The van der Waals surface area contributed by atoms with Gasteiger partial charge in [0.2, 0.25) is 5.91 Å². The molecular formula is C24H26N2O3. The lowest BCUT2D eigenvalue weighted by atomic mass is 10.2. The van der Waals surface area contributed by atoms with E-state index < -0.39 is 0 Å². The number of ether oxygens (including phenoxy) is 2. The van der Waals surface area contributed by atoms with E-state index in [0.717, 1.165) is 28.6 Å². The highest BCUT2D eigenvalue weighted by Gasteiger charge is 2.06. The van der Waals surface area contributed by atoms with Gasteiger partial charge in [0.25, 0.3) is 0 Å². The van der Waals surface area contributed by atoms with E-state index in [1.54, 1.807) is 0 Å². The highest BCUT2D eigenvalue weighted by Crippen LogP contribution is 2.28. The van der Waals surface area contributed by atoms with Crippen molar-refractivity contribution in [3.05, 3.63) is 78.9 Å². The third-order valence-corrected chi connectivity index (χ3v) is 4.04. The second-order valence-electron chi connectivity index (χ2n) is 6.82. The zero-order valence-corrected chi connectivity index (χ0v) is 16.7. The van der Waals surface area contributed by atoms with Gasteiger partial charge < -0.3 is 20.1 Å². The number of hydrogen-bond donors (Lipinski definition) is 2. The minimum Gasteiger partial charge on any atom is -0.493 e. The number of hydrogen-bond acceptors (Lipinski definition) is 4. The Morgan fingerprint density at radius 1 is 0.862 bits per heavy atom. The summed E-state index contributed by atoms with van der Waals surface area (Å²) in [4.78, 5) is 12.1. The van der Waals surface area contributed by atoms with Crippen molar-refractivity contribution in [3.63, 3.8) is 0 Å². The first-order chi connectivity index (χ1) is 14.1. The maximum absolute atomic E-state index is 12.1. The average molecular weight is 390 g/mol. The quantitative estimate of drug-likeness (QED) is 0.497. The van der Waals surface area contributed by atoms with E-state index in [0.29, 0.717) is 6.61 Å². The summed E-state index contributed by atoms with van der Waals surface area (Å²) in [6, 6.07) is 24.9. The number of para-hydroxylation sites is 3. The molecule has 0 aliphatic rings. The van der Waals surface area contributed by atoms with Crippen LogP contribution in [0.1, 0.15) is 20.3 Å². The molecule has 3 rings (SSSR count). The molecule has 0 unspecified atom stereocenters. The third-order valence-electron chi connectivity index (χ3n) is 4.04. The van der Waals surface area contributed by atoms with Gasteiger partial charge in [-0.05, 0) is 62.4 Å². The van der Waals surface area contributed by atoms with Gasteiger partial charge in [-0.3, -0.25) is 4.79 Å². The van der Waals surface area contributed by atoms with Gasteiger partial charge in [-0.15, -0.1) is 0 Å². The van der Waals surface area contributed by atoms with E-state index in [-0.39, 0.29) is 18.4 Å². The lowest BCUT2D eigenvalue weighted by Crippen LogP contribution is -2.15. The van der Waals surface area contributed by atoms with E-state index in [1.807, 2.05) is 92.7 Å². The summed E-state index contributed by atoms with van der Waals surface area (Å²) in [5, 5.41) is 6.24. The molecule has 0 saturated carbocycles. The first-order valence-electron chi connectivity index (χ1n) is 9.70. The molecule has 3 aromatic rings. The first kappa shape index (κ1) is 20.3. The summed E-state index contributed by atoms with van der Waals surface area (Å²) in [5.74, 6) is 1.48. The van der Waals surface area contributed by atoms with E-state index >= 15 is 0 Å². The Labute approximate surface area is 171 Å². The van der Waals surface area contributed by atoms with Crippen LogP contribution in [0.3, 0.4) is 0 Å². The number of carbonyl (C=O) groups is 1. The minimum atomic E-state index is -0.0858. The Morgan fingerprint density at radius 3 is 2.24 bits per heavy atom. The number of carbonyl (C=O) groups excluding carboxylic acids is 1. The molecule has 0 aromatic heterocycles. The maximum Gasteiger partial charge on any atom is 0.227 e. The molecule has 0 aliphatic heterocycles. The predicted octanol–water partition coefficient (Wildman–Crippen LogP) is 5.63. The Bertz CT molecular complexity index is 909. The van der Waals surface area contributed by atoms with Crippen molar-refractivity contribution in [1.29, 1.82) is 0 Å². The van der Waals surface area contributed by atoms with Crippen LogP contribution in [0.25, 0.3) is 0 Å². The molecule has 5 nitrogen and oxygen atoms in total. The van der Waals surface area contributed by atoms with Crippen molar-refractivity contribution in [2.24, 2.45) is 0 Å². The van der Waals surface area contributed by atoms with Gasteiger partial charge in [-0.2, -0.15) is 0 Å². The van der Waals surface area contributed by atoms with Gasteiger partial charge in [-0.1, -0.05) is 30.3 Å². The van der Waals surface area contributed by atoms with Gasteiger partial charge in [0.1, 0.15) is 11.5 Å². The van der Waals surface area contributed by atoms with Crippen molar-refractivity contribution < 1.29 is 14.3 Å². The topological polar surface area (TPSA) is 59.6 Å². The fourth-order valence-electron chi connectivity index (χ4n) is 2.72. The Hall–Kier alpha value is -3.47. The number of nitrogens with one attached hydrogen (secondary N) is 2. The normalized spacial score (nSPS) is 10.4. The fourth-order valence-corrected chi connectivity index (χ4v) is 2.72. The molecule has 0 atom stereocenters. The Kier molecular flexibility index (Phi) is 7.11. The molecule has 29 heavy (non-hydrogen) atoms. The summed E-state index contributed by atoms with van der Waals surface area (Å²) < 4.78 is 11.4. The summed E-state index contributed by atoms with van der Waals surface area (Å²) in [6.45, 7) is 4.33. The van der Waals surface area contributed by atoms with Crippen LogP contribution in [0.2, 0.25) is 0 Å². The molecule has 0 fully saturated rings. The highest BCUT2D eigenvalue weighted by atomic mass is 16.5. The van der Waals surface area contributed by atoms with E-state index in [4.69, 9.17) is 9.47 Å². The largest absolute Gasteiger partial charge is 0.493 e. The molecule has 3 aromatic carbocycles. The van der Waals surface area contributed by atoms with E-state index in [2.05, 4.69) is 10.6 Å². The van der Waals surface area contributed by atoms with Gasteiger partial charge in [-0.25, -0.2) is 0 Å². The third kappa shape index (κ3) is 6.57. The molecule has 1 amide bonds. The number of amides is 1. The number of anilines is 3. The van der Waals surface area contributed by atoms with Crippen molar-refractivity contribution in [2.75, 3.05) is 17.2 Å². The van der Waals surface area contributed by atoms with Crippen LogP contribution in [0, 0.1) is 0 Å². The van der Waals surface area contributed by atoms with Crippen LogP contribution in [-0.2, 0) is 4.79 Å². The van der Waals surface area contributed by atoms with E-state index in [9.17, 15) is 4.79 Å². The molecule has 150 valence electrons. The maximum atomic E-state index is 12.1. The lowest BCUT2D eigenvalue weighted by molar-refractivity contribution is -0.116. The first-order valence-corrected chi connectivity index (χ1v) is 9.70. The summed E-state index contributed by atoms with van der Waals surface area (Å²) >= 11 is 0. The average Bonchev–Trinajstić information content (AvgIpc) is 2.71. The Morgan fingerprint density at radius 2 is 1.52 bits per heavy atom. The zero-order chi connectivity index (χ0) is 20.5. The lowest BCUT2D eigenvalue weighted by Gasteiger charge is -2.15. The SMILES string of the molecule is CC(C)Oc1ccccc1Nc1ccc(NC(=O)CCOc2ccccc2)cc1. The zero-order valence-electron chi connectivity index (χ0n) is 16.7. The second-order valence-corrected chi connectivity index (χ2v) is 6.82. The monoisotopic (exact) mass is 390 g/mol. The van der Waals surface area contributed by atoms with Crippen LogP contribution < -0.4 is 20.1 Å². The molecule has 2 N–H and O–H groups in total. The second kappa shape index (κ2) is 10.2. The highest BCUT2D eigenvalue weighted by molar-refractivity contribution is 5.91. The molecule has 0 heterocycles. The summed E-state index contributed by atoms with van der Waals surface area (Å²) in [7, 11) is 0. The smallest absolute Gasteiger partial charge is 0.227 e. The molecule has 0 saturated heterocycles. The number of rotatable bonds is 9. The van der Waals surface area contributed by atoms with Crippen LogP contribution in [0.5, 0.6) is 11.5 Å². The molecular weight excluding hydrogens is 364 g/mol. The van der Waals surface area contributed by atoms with Gasteiger partial charge >= 0.3 is 0 Å². The van der Waals surface area contributed by atoms with Crippen LogP contribution >= 0.6 is 0 Å². The minimum absolute atomic E-state index is 0.0858. The number of benzene rings is 3. The molecule has 5 heteroatoms. The molecule has 0 bridgehead atoms. The van der Waals surface area contributed by atoms with Crippen molar-refractivity contribution in [1.82, 2.24) is 0 Å². The van der Waals surface area contributed by atoms with Crippen LogP contribution in [-0.4, -0.2) is 18.6 Å². The van der Waals surface area contributed by atoms with Crippen LogP contribution in [0.4, 0.5) is 17.1 Å². The van der Waals surface area contributed by atoms with E-state index in [1.165, 1.54) is 0 Å². The van der Waals surface area contributed by atoms with Gasteiger partial charge in [0, 0.05) is 11.4 Å². The van der Waals surface area contributed by atoms with Gasteiger partial charge in [0.15, 0.2) is 0 Å². The molecule has 0 radical (unpaired) electrons. The Balaban J connectivity index is 1.50. The van der Waals surface area contributed by atoms with Crippen LogP contribution in [0.15, 0.2) is 78.9 Å². The fraction of sp³-hybridized carbons (Fsp3) is 0.208. The van der Waals surface area contributed by atoms with Crippen molar-refractivity contribution in [2.45, 2.75) is 26.4 Å². The summed E-state index contributed by atoms with van der Waals surface area (Å²) in [5.41, 5.74) is 2.55. The predicted molar refractivity (Wildman–Crippen MR) is 117 cm³/mol. The van der Waals surface area contributed by atoms with Crippen molar-refractivity contribution >= 4 is 23.0 Å². The summed E-state index contributed by atoms with van der Waals surface area (Å²) in [6.07, 6.45) is 0.385. The van der Waals surface area contributed by atoms with Crippen molar-refractivity contribution in [3.8, 4) is 11.5 Å². The molecule has 0 aliphatic carbocycles. The standard InChI is InChI=1S/C24H26N2O3/c1-18(2)29-23-11-7-6-10-22(23)25-19-12-14-20(15-13-19)26-24(27)16-17-28-21-8-4-3-5-9-21/h3-15,18,25H,16-17H2,1-2H3,(H,26,27). The van der Waals surface area contributed by atoms with Gasteiger partial charge in [0.05, 0.1) is 24.8 Å².